The number of hydrogen-bond donors (Lipinski definition) is 2. The Bertz CT molecular complexity index is 633. The van der Waals surface area contributed by atoms with Crippen LogP contribution < -0.4 is 10.1 Å². The predicted molar refractivity (Wildman–Crippen MR) is 100 cm³/mol. The van der Waals surface area contributed by atoms with Crippen molar-refractivity contribution in [1.82, 2.24) is 10.2 Å². The number of benzene rings is 1. The standard InChI is InChI=1S/C20H30N2O4/c1-5-7-20(8-6-2)18(24)22(19(25)21-20)12-16(23)13-26-17-10-14(3)9-15(4)11-17/h9-11,16,23H,5-8,12-13H2,1-4H3,(H,21,25). The van der Waals surface area contributed by atoms with Gasteiger partial charge in [0.2, 0.25) is 0 Å². The number of aliphatic hydroxyl groups excluding tert-OH is 1. The van der Waals surface area contributed by atoms with Crippen LogP contribution in [0.2, 0.25) is 0 Å². The molecule has 144 valence electrons. The summed E-state index contributed by atoms with van der Waals surface area (Å²) < 4.78 is 5.64. The lowest BCUT2D eigenvalue weighted by atomic mass is 9.88. The van der Waals surface area contributed by atoms with E-state index in [1.807, 2.05) is 45.9 Å². The van der Waals surface area contributed by atoms with Gasteiger partial charge < -0.3 is 15.2 Å². The van der Waals surface area contributed by atoms with Crippen LogP contribution in [0.15, 0.2) is 18.2 Å². The fraction of sp³-hybridized carbons (Fsp3) is 0.600. The lowest BCUT2D eigenvalue weighted by Gasteiger charge is -2.26. The monoisotopic (exact) mass is 362 g/mol. The minimum Gasteiger partial charge on any atom is -0.491 e. The largest absolute Gasteiger partial charge is 0.491 e. The van der Waals surface area contributed by atoms with E-state index in [2.05, 4.69) is 5.32 Å². The molecule has 2 rings (SSSR count). The maximum absolute atomic E-state index is 12.8. The van der Waals surface area contributed by atoms with E-state index >= 15 is 0 Å². The van der Waals surface area contributed by atoms with Gasteiger partial charge in [0.25, 0.3) is 5.91 Å². The first kappa shape index (κ1) is 20.2. The molecule has 1 heterocycles. The first-order valence-electron chi connectivity index (χ1n) is 9.34. The molecule has 0 aliphatic carbocycles. The minimum absolute atomic E-state index is 0.0223. The van der Waals surface area contributed by atoms with Crippen molar-refractivity contribution < 1.29 is 19.4 Å². The second-order valence-electron chi connectivity index (χ2n) is 7.22. The third kappa shape index (κ3) is 4.55. The summed E-state index contributed by atoms with van der Waals surface area (Å²) in [5, 5.41) is 13.1. The number of nitrogens with one attached hydrogen (secondary N) is 1. The Labute approximate surface area is 155 Å². The number of rotatable bonds is 9. The minimum atomic E-state index is -0.940. The van der Waals surface area contributed by atoms with Gasteiger partial charge in [-0.1, -0.05) is 32.8 Å². The maximum atomic E-state index is 12.8. The van der Waals surface area contributed by atoms with Gasteiger partial charge in [0.15, 0.2) is 0 Å². The molecular weight excluding hydrogens is 332 g/mol. The first-order valence-corrected chi connectivity index (χ1v) is 9.34. The Kier molecular flexibility index (Phi) is 6.64. The van der Waals surface area contributed by atoms with Gasteiger partial charge in [0, 0.05) is 0 Å². The Morgan fingerprint density at radius 3 is 2.23 bits per heavy atom. The summed E-state index contributed by atoms with van der Waals surface area (Å²) in [6, 6.07) is 5.39. The molecule has 0 bridgehead atoms. The Morgan fingerprint density at radius 2 is 1.69 bits per heavy atom. The van der Waals surface area contributed by atoms with E-state index in [1.54, 1.807) is 0 Å². The summed E-state index contributed by atoms with van der Waals surface area (Å²) in [6.45, 7) is 7.90. The van der Waals surface area contributed by atoms with Crippen LogP contribution in [0.25, 0.3) is 0 Å². The lowest BCUT2D eigenvalue weighted by Crippen LogP contribution is -2.47. The summed E-state index contributed by atoms with van der Waals surface area (Å²) in [4.78, 5) is 26.2. The van der Waals surface area contributed by atoms with Gasteiger partial charge in [0.1, 0.15) is 24.0 Å². The molecule has 1 aromatic carbocycles. The third-order valence-corrected chi connectivity index (χ3v) is 4.63. The van der Waals surface area contributed by atoms with E-state index in [4.69, 9.17) is 4.74 Å². The smallest absolute Gasteiger partial charge is 0.325 e. The van der Waals surface area contributed by atoms with Crippen LogP contribution in [0, 0.1) is 13.8 Å². The molecule has 1 unspecified atom stereocenters. The van der Waals surface area contributed by atoms with E-state index in [1.165, 1.54) is 0 Å². The molecule has 1 aliphatic rings. The molecule has 1 fully saturated rings. The van der Waals surface area contributed by atoms with E-state index in [-0.39, 0.29) is 19.1 Å². The van der Waals surface area contributed by atoms with Crippen LogP contribution in [0.1, 0.15) is 50.7 Å². The lowest BCUT2D eigenvalue weighted by molar-refractivity contribution is -0.133. The van der Waals surface area contributed by atoms with Gasteiger partial charge in [-0.15, -0.1) is 0 Å². The van der Waals surface area contributed by atoms with Crippen molar-refractivity contribution in [1.29, 1.82) is 0 Å². The summed E-state index contributed by atoms with van der Waals surface area (Å²) in [5.74, 6) is 0.432. The van der Waals surface area contributed by atoms with Gasteiger partial charge in [-0.3, -0.25) is 9.69 Å². The maximum Gasteiger partial charge on any atom is 0.325 e. The quantitative estimate of drug-likeness (QED) is 0.662. The predicted octanol–water partition coefficient (Wildman–Crippen LogP) is 2.93. The number of β-amino-alcohol motifs (C(OH)–C–C–N with tert-alkyl or cyclic N) is 1. The molecule has 0 aromatic heterocycles. The van der Waals surface area contributed by atoms with Gasteiger partial charge in [0.05, 0.1) is 6.54 Å². The van der Waals surface area contributed by atoms with Crippen molar-refractivity contribution in [2.75, 3.05) is 13.2 Å². The molecule has 1 aromatic rings. The van der Waals surface area contributed by atoms with Gasteiger partial charge in [-0.05, 0) is 49.9 Å². The normalized spacial score (nSPS) is 17.3. The number of amides is 3. The van der Waals surface area contributed by atoms with Crippen LogP contribution in [-0.2, 0) is 4.79 Å². The van der Waals surface area contributed by atoms with Crippen molar-refractivity contribution in [3.8, 4) is 5.75 Å². The highest BCUT2D eigenvalue weighted by atomic mass is 16.5. The fourth-order valence-electron chi connectivity index (χ4n) is 3.63. The van der Waals surface area contributed by atoms with Crippen molar-refractivity contribution >= 4 is 11.9 Å². The molecule has 0 spiro atoms. The van der Waals surface area contributed by atoms with Crippen LogP contribution >= 0.6 is 0 Å². The summed E-state index contributed by atoms with van der Waals surface area (Å²) in [7, 11) is 0. The molecule has 1 saturated heterocycles. The van der Waals surface area contributed by atoms with Gasteiger partial charge in [-0.25, -0.2) is 4.79 Å². The molecule has 1 aliphatic heterocycles. The van der Waals surface area contributed by atoms with Crippen molar-refractivity contribution in [3.05, 3.63) is 29.3 Å². The highest BCUT2D eigenvalue weighted by molar-refractivity contribution is 6.07. The van der Waals surface area contributed by atoms with Crippen LogP contribution in [0.3, 0.4) is 0 Å². The number of nitrogens with zero attached hydrogens (tertiary/aromatic N) is 1. The number of ether oxygens (including phenoxy) is 1. The molecule has 0 radical (unpaired) electrons. The fourth-order valence-corrected chi connectivity index (χ4v) is 3.63. The Morgan fingerprint density at radius 1 is 1.12 bits per heavy atom. The second kappa shape index (κ2) is 8.54. The number of urea groups is 1. The number of imide groups is 1. The van der Waals surface area contributed by atoms with Crippen molar-refractivity contribution in [2.45, 2.75) is 65.0 Å². The number of carbonyl (C=O) groups is 2. The summed E-state index contributed by atoms with van der Waals surface area (Å²) in [5.41, 5.74) is 1.33. The van der Waals surface area contributed by atoms with Gasteiger partial charge in [-0.2, -0.15) is 0 Å². The highest BCUT2D eigenvalue weighted by Crippen LogP contribution is 2.28. The topological polar surface area (TPSA) is 78.9 Å². The zero-order chi connectivity index (χ0) is 19.3. The van der Waals surface area contributed by atoms with E-state index in [9.17, 15) is 14.7 Å². The zero-order valence-corrected chi connectivity index (χ0v) is 16.2. The second-order valence-corrected chi connectivity index (χ2v) is 7.22. The van der Waals surface area contributed by atoms with Crippen molar-refractivity contribution in [3.63, 3.8) is 0 Å². The Balaban J connectivity index is 1.98. The van der Waals surface area contributed by atoms with Gasteiger partial charge >= 0.3 is 6.03 Å². The highest BCUT2D eigenvalue weighted by Gasteiger charge is 2.50. The van der Waals surface area contributed by atoms with Crippen molar-refractivity contribution in [2.24, 2.45) is 0 Å². The number of carbonyl (C=O) groups excluding carboxylic acids is 2. The molecule has 3 amide bonds. The number of aliphatic hydroxyl groups is 1. The molecule has 26 heavy (non-hydrogen) atoms. The molecule has 0 saturated carbocycles. The number of aryl methyl sites for hydroxylation is 2. The first-order chi connectivity index (χ1) is 12.3. The number of hydrogen-bond acceptors (Lipinski definition) is 4. The molecule has 1 atom stereocenters. The molecule has 6 heteroatoms. The molecule has 6 nitrogen and oxygen atoms in total. The van der Waals surface area contributed by atoms with Crippen LogP contribution in [-0.4, -0.2) is 46.7 Å². The van der Waals surface area contributed by atoms with Crippen LogP contribution in [0.5, 0.6) is 5.75 Å². The average molecular weight is 362 g/mol. The van der Waals surface area contributed by atoms with Crippen LogP contribution in [0.4, 0.5) is 4.79 Å². The van der Waals surface area contributed by atoms with E-state index in [0.29, 0.717) is 18.6 Å². The third-order valence-electron chi connectivity index (χ3n) is 4.63. The molecular formula is C20H30N2O4. The molecule has 2 N–H and O–H groups in total. The SMILES string of the molecule is CCCC1(CCC)NC(=O)N(CC(O)COc2cc(C)cc(C)c2)C1=O. The Hall–Kier alpha value is -2.08. The summed E-state index contributed by atoms with van der Waals surface area (Å²) in [6.07, 6.45) is 1.88. The van der Waals surface area contributed by atoms with E-state index < -0.39 is 17.7 Å². The zero-order valence-electron chi connectivity index (χ0n) is 16.2. The average Bonchev–Trinajstić information content (AvgIpc) is 2.77. The van der Waals surface area contributed by atoms with E-state index in [0.717, 1.165) is 28.9 Å². The summed E-state index contributed by atoms with van der Waals surface area (Å²) >= 11 is 0.